The number of amides is 2. The Morgan fingerprint density at radius 2 is 2.11 bits per heavy atom. The van der Waals surface area contributed by atoms with Crippen LogP contribution in [0.4, 0.5) is 14.9 Å². The number of aliphatic hydroxyl groups is 1. The second kappa shape index (κ2) is 9.87. The van der Waals surface area contributed by atoms with E-state index in [9.17, 15) is 19.1 Å². The minimum atomic E-state index is -0.530. The van der Waals surface area contributed by atoms with Crippen molar-refractivity contribution in [3.05, 3.63) is 40.9 Å². The lowest BCUT2D eigenvalue weighted by molar-refractivity contribution is -0.116. The maximum Gasteiger partial charge on any atom is 0.318 e. The minimum Gasteiger partial charge on any atom is -0.511 e. The van der Waals surface area contributed by atoms with Gasteiger partial charge in [0.1, 0.15) is 18.2 Å². The molecule has 0 saturated carbocycles. The molecule has 152 valence electrons. The predicted molar refractivity (Wildman–Crippen MR) is 105 cm³/mol. The molecule has 8 heteroatoms. The third-order valence-electron chi connectivity index (χ3n) is 4.44. The molecular weight excluding hydrogens is 365 g/mol. The van der Waals surface area contributed by atoms with E-state index in [4.69, 9.17) is 4.84 Å². The molecule has 1 unspecified atom stereocenters. The molecule has 0 bridgehead atoms. The fourth-order valence-corrected chi connectivity index (χ4v) is 3.17. The number of hydrogen-bond donors (Lipinski definition) is 3. The van der Waals surface area contributed by atoms with Crippen LogP contribution >= 0.6 is 0 Å². The van der Waals surface area contributed by atoms with Gasteiger partial charge in [-0.15, -0.1) is 0 Å². The largest absolute Gasteiger partial charge is 0.511 e. The van der Waals surface area contributed by atoms with Crippen molar-refractivity contribution in [3.63, 3.8) is 0 Å². The molecule has 0 fully saturated rings. The van der Waals surface area contributed by atoms with Crippen LogP contribution in [0.5, 0.6) is 0 Å². The molecule has 2 rings (SSSR count). The first-order valence-corrected chi connectivity index (χ1v) is 9.33. The number of oxime groups is 1. The zero-order valence-electron chi connectivity index (χ0n) is 16.3. The monoisotopic (exact) mass is 391 g/mol. The van der Waals surface area contributed by atoms with Gasteiger partial charge in [-0.2, -0.15) is 0 Å². The third kappa shape index (κ3) is 5.09. The Labute approximate surface area is 163 Å². The summed E-state index contributed by atoms with van der Waals surface area (Å²) in [5, 5.41) is 19.5. The van der Waals surface area contributed by atoms with Crippen LogP contribution in [0.25, 0.3) is 0 Å². The van der Waals surface area contributed by atoms with Crippen molar-refractivity contribution in [1.29, 1.82) is 0 Å². The molecule has 1 aromatic rings. The summed E-state index contributed by atoms with van der Waals surface area (Å²) < 4.78 is 14.4. The summed E-state index contributed by atoms with van der Waals surface area (Å²) in [6.07, 6.45) is 1.38. The third-order valence-corrected chi connectivity index (χ3v) is 4.44. The van der Waals surface area contributed by atoms with Crippen molar-refractivity contribution in [3.8, 4) is 0 Å². The number of carbonyl (C=O) groups excluding carboxylic acids is 2. The zero-order chi connectivity index (χ0) is 20.7. The van der Waals surface area contributed by atoms with Gasteiger partial charge in [0.15, 0.2) is 5.78 Å². The lowest BCUT2D eigenvalue weighted by Gasteiger charge is -2.25. The number of allylic oxidation sites excluding steroid dienone is 2. The number of anilines is 1. The van der Waals surface area contributed by atoms with Crippen molar-refractivity contribution >= 4 is 23.2 Å². The molecular formula is C20H26FN3O4. The van der Waals surface area contributed by atoms with Crippen LogP contribution < -0.4 is 10.6 Å². The van der Waals surface area contributed by atoms with Gasteiger partial charge in [-0.05, 0) is 37.1 Å². The molecule has 28 heavy (non-hydrogen) atoms. The van der Waals surface area contributed by atoms with Gasteiger partial charge in [-0.3, -0.25) is 4.79 Å². The SMILES string of the molecule is CCCC(=NOCC)C1=C(O)CC(c2cc(NC(=O)NC)ccc2F)CC1=O. The molecule has 0 spiro atoms. The van der Waals surface area contributed by atoms with E-state index in [1.165, 1.54) is 25.2 Å². The van der Waals surface area contributed by atoms with Crippen LogP contribution in [0.2, 0.25) is 0 Å². The van der Waals surface area contributed by atoms with Crippen LogP contribution in [0.15, 0.2) is 34.7 Å². The Bertz CT molecular complexity index is 805. The van der Waals surface area contributed by atoms with Gasteiger partial charge in [-0.1, -0.05) is 18.5 Å². The normalized spacial score (nSPS) is 17.5. The number of aliphatic hydroxyl groups excluding tert-OH is 1. The molecule has 2 amide bonds. The number of benzene rings is 1. The Morgan fingerprint density at radius 3 is 2.71 bits per heavy atom. The Hall–Kier alpha value is -2.90. The molecule has 0 aromatic heterocycles. The first kappa shape index (κ1) is 21.4. The van der Waals surface area contributed by atoms with E-state index in [1.54, 1.807) is 6.92 Å². The van der Waals surface area contributed by atoms with Gasteiger partial charge in [0, 0.05) is 31.5 Å². The fraction of sp³-hybridized carbons (Fsp3) is 0.450. The number of hydrogen-bond acceptors (Lipinski definition) is 5. The average molecular weight is 391 g/mol. The van der Waals surface area contributed by atoms with Crippen LogP contribution in [0, 0.1) is 5.82 Å². The number of carbonyl (C=O) groups is 2. The maximum atomic E-state index is 14.4. The van der Waals surface area contributed by atoms with E-state index >= 15 is 0 Å². The lowest BCUT2D eigenvalue weighted by atomic mass is 9.80. The summed E-state index contributed by atoms with van der Waals surface area (Å²) in [4.78, 5) is 29.3. The highest BCUT2D eigenvalue weighted by Gasteiger charge is 2.32. The zero-order valence-corrected chi connectivity index (χ0v) is 16.3. The van der Waals surface area contributed by atoms with Crippen molar-refractivity contribution < 1.29 is 23.9 Å². The van der Waals surface area contributed by atoms with Crippen molar-refractivity contribution in [1.82, 2.24) is 5.32 Å². The van der Waals surface area contributed by atoms with Gasteiger partial charge >= 0.3 is 6.03 Å². The number of urea groups is 1. The highest BCUT2D eigenvalue weighted by Crippen LogP contribution is 2.36. The number of Topliss-reactive ketones (excluding diaryl/α,β-unsaturated/α-hetero) is 1. The second-order valence-electron chi connectivity index (χ2n) is 6.50. The molecule has 0 radical (unpaired) electrons. The lowest BCUT2D eigenvalue weighted by Crippen LogP contribution is -2.25. The van der Waals surface area contributed by atoms with E-state index in [0.29, 0.717) is 24.4 Å². The number of ketones is 1. The first-order valence-electron chi connectivity index (χ1n) is 9.33. The summed E-state index contributed by atoms with van der Waals surface area (Å²) >= 11 is 0. The van der Waals surface area contributed by atoms with E-state index in [0.717, 1.165) is 6.42 Å². The smallest absolute Gasteiger partial charge is 0.318 e. The van der Waals surface area contributed by atoms with Gasteiger partial charge in [0.2, 0.25) is 0 Å². The summed E-state index contributed by atoms with van der Waals surface area (Å²) in [5.41, 5.74) is 1.26. The Balaban J connectivity index is 2.32. The molecule has 7 nitrogen and oxygen atoms in total. The Kier molecular flexibility index (Phi) is 7.54. The van der Waals surface area contributed by atoms with Crippen LogP contribution in [0.3, 0.4) is 0 Å². The van der Waals surface area contributed by atoms with Gasteiger partial charge in [0.05, 0.1) is 11.3 Å². The quantitative estimate of drug-likeness (QED) is 0.483. The predicted octanol–water partition coefficient (Wildman–Crippen LogP) is 4.03. The molecule has 3 N–H and O–H groups in total. The van der Waals surface area contributed by atoms with Crippen molar-refractivity contribution in [2.24, 2.45) is 5.16 Å². The van der Waals surface area contributed by atoms with Crippen LogP contribution in [-0.2, 0) is 9.63 Å². The average Bonchev–Trinajstić information content (AvgIpc) is 2.66. The molecule has 1 aromatic carbocycles. The van der Waals surface area contributed by atoms with Crippen molar-refractivity contribution in [2.45, 2.75) is 45.4 Å². The second-order valence-corrected chi connectivity index (χ2v) is 6.50. The summed E-state index contributed by atoms with van der Waals surface area (Å²) in [7, 11) is 1.47. The highest BCUT2D eigenvalue weighted by molar-refractivity contribution is 6.23. The standard InChI is InChI=1S/C20H26FN3O4/c1-4-6-16(24-28-5-2)19-17(25)9-12(10-18(19)26)14-11-13(7-8-15(14)21)23-20(27)22-3/h7-8,11-12,25H,4-6,9-10H2,1-3H3,(H2,22,23,27). The van der Waals surface area contributed by atoms with Gasteiger partial charge in [-0.25, -0.2) is 9.18 Å². The van der Waals surface area contributed by atoms with Gasteiger partial charge < -0.3 is 20.6 Å². The molecule has 0 heterocycles. The van der Waals surface area contributed by atoms with Crippen LogP contribution in [-0.4, -0.2) is 36.3 Å². The maximum absolute atomic E-state index is 14.4. The Morgan fingerprint density at radius 1 is 1.36 bits per heavy atom. The summed E-state index contributed by atoms with van der Waals surface area (Å²) in [6.45, 7) is 4.08. The number of nitrogens with one attached hydrogen (secondary N) is 2. The molecule has 0 aliphatic heterocycles. The first-order chi connectivity index (χ1) is 13.4. The van der Waals surface area contributed by atoms with E-state index in [1.807, 2.05) is 6.92 Å². The number of halogens is 1. The molecule has 1 aliphatic carbocycles. The van der Waals surface area contributed by atoms with E-state index in [-0.39, 0.29) is 35.5 Å². The fourth-order valence-electron chi connectivity index (χ4n) is 3.17. The molecule has 0 saturated heterocycles. The number of nitrogens with zero attached hydrogens (tertiary/aromatic N) is 1. The minimum absolute atomic E-state index is 0.0363. The molecule has 1 aliphatic rings. The molecule has 1 atom stereocenters. The van der Waals surface area contributed by atoms with E-state index < -0.39 is 17.8 Å². The summed E-state index contributed by atoms with van der Waals surface area (Å²) in [6, 6.07) is 3.73. The topological polar surface area (TPSA) is 100 Å². The number of rotatable bonds is 7. The van der Waals surface area contributed by atoms with Crippen LogP contribution in [0.1, 0.15) is 51.0 Å². The highest BCUT2D eigenvalue weighted by atomic mass is 19.1. The van der Waals surface area contributed by atoms with Gasteiger partial charge in [0.25, 0.3) is 0 Å². The van der Waals surface area contributed by atoms with E-state index in [2.05, 4.69) is 15.8 Å². The van der Waals surface area contributed by atoms with Crippen molar-refractivity contribution in [2.75, 3.05) is 19.0 Å². The summed E-state index contributed by atoms with van der Waals surface area (Å²) in [5.74, 6) is -1.44.